The van der Waals surface area contributed by atoms with E-state index in [1.54, 1.807) is 24.3 Å². The average Bonchev–Trinajstić information content (AvgIpc) is 2.77. The highest BCUT2D eigenvalue weighted by molar-refractivity contribution is 5.84. The van der Waals surface area contributed by atoms with Gasteiger partial charge in [0.05, 0.1) is 18.3 Å². The number of ether oxygens (including phenoxy) is 1. The fourth-order valence-electron chi connectivity index (χ4n) is 2.60. The lowest BCUT2D eigenvalue weighted by Gasteiger charge is -2.10. The molecule has 0 aliphatic rings. The van der Waals surface area contributed by atoms with Gasteiger partial charge in [0.15, 0.2) is 0 Å². The summed E-state index contributed by atoms with van der Waals surface area (Å²) in [5.74, 6) is 0.215. The number of amides is 1. The first-order valence-corrected chi connectivity index (χ1v) is 9.40. The minimum atomic E-state index is -4.44. The minimum Gasteiger partial charge on any atom is -0.489 e. The quantitative estimate of drug-likeness (QED) is 0.399. The van der Waals surface area contributed by atoms with E-state index in [9.17, 15) is 18.0 Å². The monoisotopic (exact) mass is 427 g/mol. The van der Waals surface area contributed by atoms with Gasteiger partial charge in [-0.15, -0.1) is 0 Å². The molecule has 0 unspecified atom stereocenters. The number of nitrogens with zero attached hydrogens (tertiary/aromatic N) is 1. The zero-order valence-electron chi connectivity index (χ0n) is 16.4. The summed E-state index contributed by atoms with van der Waals surface area (Å²) < 4.78 is 43.8. The zero-order valence-corrected chi connectivity index (χ0v) is 16.4. The molecule has 1 amide bonds. The van der Waals surface area contributed by atoms with Crippen molar-refractivity contribution >= 4 is 17.8 Å². The molecule has 0 saturated heterocycles. The molecule has 0 spiro atoms. The molecule has 3 rings (SSSR count). The molecule has 0 heterocycles. The van der Waals surface area contributed by atoms with Gasteiger partial charge in [-0.2, -0.15) is 18.3 Å². The summed E-state index contributed by atoms with van der Waals surface area (Å²) in [6.07, 6.45) is -2.98. The standard InChI is InChI=1S/C23H20F3N3O2/c24-23(25,26)19-7-4-8-20(13-19)27-15-22(30)29-28-14-17-9-11-21(12-10-17)31-16-18-5-2-1-3-6-18/h1-14,27H,15-16H2,(H,29,30)/b28-14-. The molecule has 2 N–H and O–H groups in total. The number of hydrazone groups is 1. The van der Waals surface area contributed by atoms with Gasteiger partial charge in [-0.1, -0.05) is 36.4 Å². The highest BCUT2D eigenvalue weighted by Crippen LogP contribution is 2.30. The summed E-state index contributed by atoms with van der Waals surface area (Å²) in [6.45, 7) is 0.244. The topological polar surface area (TPSA) is 62.7 Å². The molecular weight excluding hydrogens is 407 g/mol. The molecule has 0 aliphatic heterocycles. The third kappa shape index (κ3) is 7.18. The third-order valence-electron chi connectivity index (χ3n) is 4.17. The Bertz CT molecular complexity index is 1020. The van der Waals surface area contributed by atoms with E-state index in [4.69, 9.17) is 4.74 Å². The Kier molecular flexibility index (Phi) is 7.26. The second-order valence-corrected chi connectivity index (χ2v) is 6.57. The first-order valence-electron chi connectivity index (χ1n) is 9.40. The number of nitrogens with one attached hydrogen (secondary N) is 2. The molecule has 0 bridgehead atoms. The van der Waals surface area contributed by atoms with Crippen LogP contribution in [0.5, 0.6) is 5.75 Å². The van der Waals surface area contributed by atoms with Crippen LogP contribution >= 0.6 is 0 Å². The van der Waals surface area contributed by atoms with Crippen LogP contribution < -0.4 is 15.5 Å². The lowest BCUT2D eigenvalue weighted by molar-refractivity contribution is -0.137. The molecule has 0 fully saturated rings. The van der Waals surface area contributed by atoms with Crippen LogP contribution in [0.4, 0.5) is 18.9 Å². The number of rotatable bonds is 8. The lowest BCUT2D eigenvalue weighted by Crippen LogP contribution is -2.26. The molecule has 31 heavy (non-hydrogen) atoms. The van der Waals surface area contributed by atoms with Crippen LogP contribution in [-0.4, -0.2) is 18.7 Å². The number of halogens is 3. The van der Waals surface area contributed by atoms with E-state index in [0.29, 0.717) is 12.4 Å². The summed E-state index contributed by atoms with van der Waals surface area (Å²) in [5.41, 5.74) is 3.54. The normalized spacial score (nSPS) is 11.3. The van der Waals surface area contributed by atoms with E-state index >= 15 is 0 Å². The number of anilines is 1. The first kappa shape index (κ1) is 21.9. The van der Waals surface area contributed by atoms with Crippen LogP contribution in [0.1, 0.15) is 16.7 Å². The Morgan fingerprint density at radius 3 is 2.42 bits per heavy atom. The van der Waals surface area contributed by atoms with Crippen molar-refractivity contribution in [1.29, 1.82) is 0 Å². The van der Waals surface area contributed by atoms with Crippen LogP contribution in [0.2, 0.25) is 0 Å². The first-order chi connectivity index (χ1) is 14.9. The van der Waals surface area contributed by atoms with Crippen molar-refractivity contribution in [2.45, 2.75) is 12.8 Å². The fraction of sp³-hybridized carbons (Fsp3) is 0.130. The predicted molar refractivity (Wildman–Crippen MR) is 113 cm³/mol. The molecule has 8 heteroatoms. The molecular formula is C23H20F3N3O2. The molecule has 0 aliphatic carbocycles. The fourth-order valence-corrected chi connectivity index (χ4v) is 2.60. The van der Waals surface area contributed by atoms with Gasteiger partial charge >= 0.3 is 6.18 Å². The Labute approximate surface area is 177 Å². The van der Waals surface area contributed by atoms with E-state index in [2.05, 4.69) is 15.8 Å². The van der Waals surface area contributed by atoms with E-state index < -0.39 is 17.6 Å². The Morgan fingerprint density at radius 2 is 1.71 bits per heavy atom. The molecule has 5 nitrogen and oxygen atoms in total. The summed E-state index contributed by atoms with van der Waals surface area (Å²) in [6, 6.07) is 21.6. The van der Waals surface area contributed by atoms with Crippen LogP contribution in [0.3, 0.4) is 0 Å². The molecule has 3 aromatic rings. The number of carbonyl (C=O) groups excluding carboxylic acids is 1. The van der Waals surface area contributed by atoms with Crippen molar-refractivity contribution in [3.05, 3.63) is 95.6 Å². The molecule has 0 atom stereocenters. The Balaban J connectivity index is 1.43. The number of hydrogen-bond acceptors (Lipinski definition) is 4. The number of benzene rings is 3. The molecule has 0 radical (unpaired) electrons. The third-order valence-corrected chi connectivity index (χ3v) is 4.17. The summed E-state index contributed by atoms with van der Waals surface area (Å²) in [5, 5.41) is 6.49. The lowest BCUT2D eigenvalue weighted by atomic mass is 10.2. The van der Waals surface area contributed by atoms with Gasteiger partial charge in [-0.3, -0.25) is 4.79 Å². The average molecular weight is 427 g/mol. The molecule has 0 saturated carbocycles. The highest BCUT2D eigenvalue weighted by Gasteiger charge is 2.30. The molecule has 0 aromatic heterocycles. The zero-order chi connectivity index (χ0) is 22.1. The maximum absolute atomic E-state index is 12.7. The van der Waals surface area contributed by atoms with Crippen molar-refractivity contribution in [1.82, 2.24) is 5.43 Å². The van der Waals surface area contributed by atoms with E-state index in [1.807, 2.05) is 30.3 Å². The highest BCUT2D eigenvalue weighted by atomic mass is 19.4. The van der Waals surface area contributed by atoms with Crippen LogP contribution in [0.15, 0.2) is 84.0 Å². The van der Waals surface area contributed by atoms with Gasteiger partial charge in [0.2, 0.25) is 0 Å². The maximum Gasteiger partial charge on any atom is 0.416 e. The van der Waals surface area contributed by atoms with Gasteiger partial charge in [0.1, 0.15) is 12.4 Å². The number of alkyl halides is 3. The van der Waals surface area contributed by atoms with Gasteiger partial charge in [0.25, 0.3) is 5.91 Å². The van der Waals surface area contributed by atoms with Crippen molar-refractivity contribution in [3.63, 3.8) is 0 Å². The van der Waals surface area contributed by atoms with Crippen molar-refractivity contribution in [2.75, 3.05) is 11.9 Å². The summed E-state index contributed by atoms with van der Waals surface area (Å²) in [4.78, 5) is 11.8. The Hall–Kier alpha value is -3.81. The largest absolute Gasteiger partial charge is 0.489 e. The summed E-state index contributed by atoms with van der Waals surface area (Å²) >= 11 is 0. The van der Waals surface area contributed by atoms with E-state index in [1.165, 1.54) is 18.3 Å². The predicted octanol–water partition coefficient (Wildman–Crippen LogP) is 4.85. The SMILES string of the molecule is O=C(CNc1cccc(C(F)(F)F)c1)N/N=C\c1ccc(OCc2ccccc2)cc1. The Morgan fingerprint density at radius 1 is 0.968 bits per heavy atom. The number of carbonyl (C=O) groups is 1. The van der Waals surface area contributed by atoms with E-state index in [0.717, 1.165) is 23.3 Å². The van der Waals surface area contributed by atoms with Gasteiger partial charge in [-0.25, -0.2) is 5.43 Å². The molecule has 3 aromatic carbocycles. The van der Waals surface area contributed by atoms with E-state index in [-0.39, 0.29) is 12.2 Å². The number of hydrogen-bond donors (Lipinski definition) is 2. The second kappa shape index (κ2) is 10.3. The summed E-state index contributed by atoms with van der Waals surface area (Å²) in [7, 11) is 0. The molecule has 160 valence electrons. The van der Waals surface area contributed by atoms with Gasteiger partial charge in [-0.05, 0) is 53.6 Å². The van der Waals surface area contributed by atoms with Crippen LogP contribution in [-0.2, 0) is 17.6 Å². The van der Waals surface area contributed by atoms with Crippen molar-refractivity contribution in [3.8, 4) is 5.75 Å². The second-order valence-electron chi connectivity index (χ2n) is 6.57. The maximum atomic E-state index is 12.7. The van der Waals surface area contributed by atoms with Crippen molar-refractivity contribution in [2.24, 2.45) is 5.10 Å². The minimum absolute atomic E-state index is 0.194. The van der Waals surface area contributed by atoms with Crippen molar-refractivity contribution < 1.29 is 22.7 Å². The van der Waals surface area contributed by atoms with Gasteiger partial charge in [0, 0.05) is 5.69 Å². The van der Waals surface area contributed by atoms with Gasteiger partial charge < -0.3 is 10.1 Å². The van der Waals surface area contributed by atoms with Crippen LogP contribution in [0, 0.1) is 0 Å². The van der Waals surface area contributed by atoms with Crippen LogP contribution in [0.25, 0.3) is 0 Å². The smallest absolute Gasteiger partial charge is 0.416 e.